The van der Waals surface area contributed by atoms with E-state index in [4.69, 9.17) is 18.9 Å². The Morgan fingerprint density at radius 3 is 2.29 bits per heavy atom. The number of hydrazone groups is 1. The molecule has 35 heavy (non-hydrogen) atoms. The number of hydrogen-bond donors (Lipinski definition) is 1. The fourth-order valence-electron chi connectivity index (χ4n) is 3.21. The van der Waals surface area contributed by atoms with Gasteiger partial charge in [0.1, 0.15) is 6.61 Å². The summed E-state index contributed by atoms with van der Waals surface area (Å²) in [5.41, 5.74) is 4.74. The van der Waals surface area contributed by atoms with E-state index < -0.39 is 0 Å². The number of hydrogen-bond acceptors (Lipinski definition) is 6. The standard InChI is InChI=1S/C27H29BrN2O5/c1-4-32-24-16-21(12-13-23(24)35-18-19-10-8-7-9-11-19)27(31)30-29-17-20-14-22(28)26(34-6-3)25(15-20)33-5-2/h7-17H,4-6,18H2,1-3H3,(H,30,31)/b29-17+. The van der Waals surface area contributed by atoms with Crippen LogP contribution in [0.2, 0.25) is 0 Å². The lowest BCUT2D eigenvalue weighted by Crippen LogP contribution is -2.17. The minimum atomic E-state index is -0.369. The Balaban J connectivity index is 1.69. The highest BCUT2D eigenvalue weighted by molar-refractivity contribution is 9.10. The molecule has 1 N–H and O–H groups in total. The summed E-state index contributed by atoms with van der Waals surface area (Å²) in [7, 11) is 0. The topological polar surface area (TPSA) is 78.4 Å². The van der Waals surface area contributed by atoms with Crippen molar-refractivity contribution in [2.24, 2.45) is 5.10 Å². The smallest absolute Gasteiger partial charge is 0.271 e. The van der Waals surface area contributed by atoms with Crippen LogP contribution in [0, 0.1) is 0 Å². The average Bonchev–Trinajstić information content (AvgIpc) is 2.86. The molecule has 7 nitrogen and oxygen atoms in total. The molecule has 0 radical (unpaired) electrons. The molecule has 0 saturated heterocycles. The van der Waals surface area contributed by atoms with Gasteiger partial charge in [0.05, 0.1) is 30.5 Å². The first-order chi connectivity index (χ1) is 17.0. The molecule has 1 amide bonds. The first-order valence-corrected chi connectivity index (χ1v) is 12.2. The lowest BCUT2D eigenvalue weighted by atomic mass is 10.2. The number of halogens is 1. The molecule has 0 saturated carbocycles. The zero-order valence-electron chi connectivity index (χ0n) is 20.0. The zero-order valence-corrected chi connectivity index (χ0v) is 21.6. The maximum absolute atomic E-state index is 12.7. The third-order valence-electron chi connectivity index (χ3n) is 4.74. The Morgan fingerprint density at radius 2 is 1.57 bits per heavy atom. The Morgan fingerprint density at radius 1 is 0.857 bits per heavy atom. The molecule has 3 rings (SSSR count). The number of ether oxygens (including phenoxy) is 4. The molecule has 8 heteroatoms. The highest BCUT2D eigenvalue weighted by atomic mass is 79.9. The minimum absolute atomic E-state index is 0.369. The molecule has 3 aromatic carbocycles. The van der Waals surface area contributed by atoms with Gasteiger partial charge in [-0.25, -0.2) is 5.43 Å². The number of benzene rings is 3. The van der Waals surface area contributed by atoms with Crippen LogP contribution in [-0.4, -0.2) is 31.9 Å². The molecule has 0 unspecified atom stereocenters. The maximum atomic E-state index is 12.7. The van der Waals surface area contributed by atoms with E-state index >= 15 is 0 Å². The fourth-order valence-corrected chi connectivity index (χ4v) is 3.79. The molecule has 3 aromatic rings. The summed E-state index contributed by atoms with van der Waals surface area (Å²) in [6.45, 7) is 7.55. The monoisotopic (exact) mass is 540 g/mol. The van der Waals surface area contributed by atoms with Gasteiger partial charge in [-0.3, -0.25) is 4.79 Å². The van der Waals surface area contributed by atoms with Gasteiger partial charge in [0.25, 0.3) is 5.91 Å². The van der Waals surface area contributed by atoms with Crippen LogP contribution in [0.1, 0.15) is 42.3 Å². The molecule has 0 atom stereocenters. The molecule has 0 spiro atoms. The molecule has 0 aliphatic rings. The third kappa shape index (κ3) is 7.48. The van der Waals surface area contributed by atoms with E-state index in [1.54, 1.807) is 30.5 Å². The largest absolute Gasteiger partial charge is 0.490 e. The predicted molar refractivity (Wildman–Crippen MR) is 140 cm³/mol. The van der Waals surface area contributed by atoms with Crippen molar-refractivity contribution in [2.75, 3.05) is 19.8 Å². The minimum Gasteiger partial charge on any atom is -0.490 e. The maximum Gasteiger partial charge on any atom is 0.271 e. The van der Waals surface area contributed by atoms with Crippen molar-refractivity contribution in [3.05, 3.63) is 81.8 Å². The first-order valence-electron chi connectivity index (χ1n) is 11.4. The first kappa shape index (κ1) is 26.1. The van der Waals surface area contributed by atoms with Gasteiger partial charge >= 0.3 is 0 Å². The lowest BCUT2D eigenvalue weighted by molar-refractivity contribution is 0.0954. The second kappa shape index (κ2) is 13.4. The summed E-state index contributed by atoms with van der Waals surface area (Å²) >= 11 is 3.50. The average molecular weight is 541 g/mol. The van der Waals surface area contributed by atoms with Crippen LogP contribution >= 0.6 is 15.9 Å². The van der Waals surface area contributed by atoms with E-state index in [0.29, 0.717) is 55.0 Å². The number of rotatable bonds is 12. The van der Waals surface area contributed by atoms with Crippen molar-refractivity contribution in [3.63, 3.8) is 0 Å². The van der Waals surface area contributed by atoms with Crippen molar-refractivity contribution < 1.29 is 23.7 Å². The zero-order chi connectivity index (χ0) is 25.0. The normalized spacial score (nSPS) is 10.7. The summed E-state index contributed by atoms with van der Waals surface area (Å²) in [6, 6.07) is 18.5. The number of amides is 1. The Hall–Kier alpha value is -3.52. The molecule has 184 valence electrons. The molecular formula is C27H29BrN2O5. The van der Waals surface area contributed by atoms with Gasteiger partial charge in [-0.2, -0.15) is 5.10 Å². The van der Waals surface area contributed by atoms with Crippen molar-refractivity contribution in [3.8, 4) is 23.0 Å². The predicted octanol–water partition coefficient (Wildman–Crippen LogP) is 5.99. The summed E-state index contributed by atoms with van der Waals surface area (Å²) in [4.78, 5) is 12.7. The number of nitrogens with one attached hydrogen (secondary N) is 1. The number of carbonyl (C=O) groups excluding carboxylic acids is 1. The van der Waals surface area contributed by atoms with Crippen LogP contribution in [0.4, 0.5) is 0 Å². The van der Waals surface area contributed by atoms with E-state index in [1.807, 2.05) is 57.2 Å². The van der Waals surface area contributed by atoms with Crippen molar-refractivity contribution in [1.29, 1.82) is 0 Å². The number of carbonyl (C=O) groups is 1. The Kier molecular flexibility index (Phi) is 9.98. The van der Waals surface area contributed by atoms with E-state index in [0.717, 1.165) is 15.6 Å². The molecule has 0 fully saturated rings. The molecule has 0 aromatic heterocycles. The van der Waals surface area contributed by atoms with Gasteiger partial charge in [-0.1, -0.05) is 30.3 Å². The quantitative estimate of drug-likeness (QED) is 0.225. The molecule has 0 aliphatic carbocycles. The van der Waals surface area contributed by atoms with Gasteiger partial charge in [0, 0.05) is 5.56 Å². The SMILES string of the molecule is CCOc1cc(C(=O)N/N=C/c2cc(Br)c(OCC)c(OCC)c2)ccc1OCc1ccccc1. The van der Waals surface area contributed by atoms with Crippen LogP contribution in [-0.2, 0) is 6.61 Å². The van der Waals surface area contributed by atoms with Gasteiger partial charge in [-0.15, -0.1) is 0 Å². The fraction of sp³-hybridized carbons (Fsp3) is 0.259. The number of nitrogens with zero attached hydrogens (tertiary/aromatic N) is 1. The molecule has 0 bridgehead atoms. The van der Waals surface area contributed by atoms with Gasteiger partial charge in [0.2, 0.25) is 0 Å². The van der Waals surface area contributed by atoms with Crippen LogP contribution in [0.5, 0.6) is 23.0 Å². The van der Waals surface area contributed by atoms with Crippen molar-refractivity contribution in [2.45, 2.75) is 27.4 Å². The van der Waals surface area contributed by atoms with E-state index in [2.05, 4.69) is 26.5 Å². The Labute approximate surface area is 214 Å². The van der Waals surface area contributed by atoms with E-state index in [9.17, 15) is 4.79 Å². The van der Waals surface area contributed by atoms with Gasteiger partial charge < -0.3 is 18.9 Å². The summed E-state index contributed by atoms with van der Waals surface area (Å²) in [5, 5.41) is 4.10. The van der Waals surface area contributed by atoms with Crippen molar-refractivity contribution >= 4 is 28.1 Å². The van der Waals surface area contributed by atoms with Crippen molar-refractivity contribution in [1.82, 2.24) is 5.43 Å². The van der Waals surface area contributed by atoms with Crippen LogP contribution in [0.25, 0.3) is 0 Å². The molecule has 0 aliphatic heterocycles. The van der Waals surface area contributed by atoms with Gasteiger partial charge in [0.15, 0.2) is 23.0 Å². The van der Waals surface area contributed by atoms with E-state index in [1.165, 1.54) is 0 Å². The molecule has 0 heterocycles. The Bertz CT molecular complexity index is 1150. The second-order valence-electron chi connectivity index (χ2n) is 7.26. The summed E-state index contributed by atoms with van der Waals surface area (Å²) in [5.74, 6) is 1.93. The second-order valence-corrected chi connectivity index (χ2v) is 8.12. The molecular weight excluding hydrogens is 512 g/mol. The van der Waals surface area contributed by atoms with Crippen LogP contribution in [0.15, 0.2) is 70.2 Å². The highest BCUT2D eigenvalue weighted by Gasteiger charge is 2.13. The van der Waals surface area contributed by atoms with E-state index in [-0.39, 0.29) is 5.91 Å². The van der Waals surface area contributed by atoms with Gasteiger partial charge in [-0.05, 0) is 78.2 Å². The van der Waals surface area contributed by atoms with Crippen LogP contribution < -0.4 is 24.4 Å². The summed E-state index contributed by atoms with van der Waals surface area (Å²) < 4.78 is 23.7. The highest BCUT2D eigenvalue weighted by Crippen LogP contribution is 2.36. The third-order valence-corrected chi connectivity index (χ3v) is 5.33. The van der Waals surface area contributed by atoms with Crippen LogP contribution in [0.3, 0.4) is 0 Å². The lowest BCUT2D eigenvalue weighted by Gasteiger charge is -2.13. The summed E-state index contributed by atoms with van der Waals surface area (Å²) in [6.07, 6.45) is 1.54.